The minimum Gasteiger partial charge on any atom is -0.508 e. The van der Waals surface area contributed by atoms with Crippen molar-refractivity contribution in [3.05, 3.63) is 123 Å². The number of hydrogen-bond acceptors (Lipinski definition) is 9. The lowest BCUT2D eigenvalue weighted by molar-refractivity contribution is -0.384. The van der Waals surface area contributed by atoms with E-state index in [9.17, 15) is 24.8 Å². The molecule has 12 nitrogen and oxygen atoms in total. The molecule has 10 rings (SSSR count). The number of fused-ring (bicyclic) bond motifs is 6. The Balaban J connectivity index is 1.12. The molecule has 2 aliphatic heterocycles. The van der Waals surface area contributed by atoms with Gasteiger partial charge in [-0.25, -0.2) is 9.80 Å². The first kappa shape index (κ1) is 36.2. The lowest BCUT2D eigenvalue weighted by Gasteiger charge is -2.49. The Morgan fingerprint density at radius 1 is 0.914 bits per heavy atom. The Labute approximate surface area is 340 Å². The Morgan fingerprint density at radius 2 is 1.71 bits per heavy atom. The molecule has 14 heteroatoms. The molecule has 2 aliphatic carbocycles. The summed E-state index contributed by atoms with van der Waals surface area (Å²) in [5.41, 5.74) is 1.17. The van der Waals surface area contributed by atoms with E-state index in [1.54, 1.807) is 43.5 Å². The van der Waals surface area contributed by atoms with Gasteiger partial charge < -0.3 is 5.11 Å². The number of amides is 4. The second-order valence-electron chi connectivity index (χ2n) is 15.9. The summed E-state index contributed by atoms with van der Waals surface area (Å²) in [5, 5.41) is 31.4. The van der Waals surface area contributed by atoms with Gasteiger partial charge in [0.1, 0.15) is 17.3 Å². The molecule has 0 radical (unpaired) electrons. The highest BCUT2D eigenvalue weighted by molar-refractivity contribution is 7.22. The fraction of sp³-hybridized carbons (Fsp3) is 0.250. The maximum absolute atomic E-state index is 15.3. The molecule has 4 aromatic carbocycles. The molecule has 3 fully saturated rings. The van der Waals surface area contributed by atoms with Crippen LogP contribution in [0.15, 0.2) is 96.6 Å². The van der Waals surface area contributed by atoms with Crippen molar-refractivity contribution < 1.29 is 29.2 Å². The number of nitro groups is 1. The van der Waals surface area contributed by atoms with Crippen LogP contribution >= 0.6 is 22.9 Å². The van der Waals surface area contributed by atoms with Crippen molar-refractivity contribution in [2.45, 2.75) is 32.6 Å². The van der Waals surface area contributed by atoms with Gasteiger partial charge in [0.25, 0.3) is 5.69 Å². The van der Waals surface area contributed by atoms with Crippen molar-refractivity contribution in [1.29, 1.82) is 0 Å². The zero-order valence-corrected chi connectivity index (χ0v) is 33.0. The van der Waals surface area contributed by atoms with Gasteiger partial charge in [-0.15, -0.1) is 11.3 Å². The lowest BCUT2D eigenvalue weighted by atomic mass is 9.51. The average molecular weight is 812 g/mol. The van der Waals surface area contributed by atoms with Gasteiger partial charge in [-0.05, 0) is 84.7 Å². The highest BCUT2D eigenvalue weighted by Gasteiger charge is 2.68. The standard InChI is InChI=1S/C44H34ClN5O7S/c1-21-29-17-23(45)12-16-34(29)58-39(21)32-20-35(47(3)46-32)49-41(53)31-19-30-27(38(44(31,2)43(49)55)37-26-10-5-4-7-22(26)11-15-33(37)51)13-14-28-36(30)42(54)48(40(28)52)24-8-6-9-25(18-24)50(56)57/h4-13,15-18,20,28,30-31,36,38,51H,14,19H2,1-3H3/t28-,30+,31-,36-,38+,44+/m0/s1. The van der Waals surface area contributed by atoms with Gasteiger partial charge in [0.05, 0.1) is 38.7 Å². The van der Waals surface area contributed by atoms with E-state index in [0.29, 0.717) is 27.2 Å². The van der Waals surface area contributed by atoms with E-state index >= 15 is 9.59 Å². The van der Waals surface area contributed by atoms with Gasteiger partial charge in [0.2, 0.25) is 23.6 Å². The third-order valence-electron chi connectivity index (χ3n) is 13.0. The molecule has 0 unspecified atom stereocenters. The van der Waals surface area contributed by atoms with Crippen molar-refractivity contribution in [3.63, 3.8) is 0 Å². The molecule has 58 heavy (non-hydrogen) atoms. The van der Waals surface area contributed by atoms with Crippen LogP contribution in [-0.4, -0.2) is 43.4 Å². The third kappa shape index (κ3) is 4.89. The molecular formula is C44H34ClN5O7S. The van der Waals surface area contributed by atoms with Crippen LogP contribution < -0.4 is 9.80 Å². The molecule has 6 aromatic rings. The molecule has 290 valence electrons. The van der Waals surface area contributed by atoms with Crippen LogP contribution in [0.1, 0.15) is 36.8 Å². The molecule has 1 saturated carbocycles. The summed E-state index contributed by atoms with van der Waals surface area (Å²) in [6.07, 6.45) is 2.18. The average Bonchev–Trinajstić information content (AvgIpc) is 3.88. The molecular weight excluding hydrogens is 778 g/mol. The molecule has 6 atom stereocenters. The van der Waals surface area contributed by atoms with Gasteiger partial charge in [0.15, 0.2) is 0 Å². The number of carbonyl (C=O) groups is 4. The summed E-state index contributed by atoms with van der Waals surface area (Å²) < 4.78 is 2.55. The van der Waals surface area contributed by atoms with Crippen LogP contribution in [0.2, 0.25) is 5.02 Å². The van der Waals surface area contributed by atoms with Crippen LogP contribution in [0.5, 0.6) is 5.75 Å². The number of aromatic nitrogens is 2. The van der Waals surface area contributed by atoms with Crippen LogP contribution in [0, 0.1) is 46.1 Å². The number of benzene rings is 4. The van der Waals surface area contributed by atoms with Crippen LogP contribution in [0.3, 0.4) is 0 Å². The number of rotatable bonds is 5. The molecule has 4 heterocycles. The smallest absolute Gasteiger partial charge is 0.271 e. The van der Waals surface area contributed by atoms with E-state index in [-0.39, 0.29) is 35.8 Å². The van der Waals surface area contributed by atoms with Gasteiger partial charge in [-0.2, -0.15) is 5.10 Å². The first-order valence-electron chi connectivity index (χ1n) is 18.9. The number of aromatic hydroxyl groups is 1. The summed E-state index contributed by atoms with van der Waals surface area (Å²) in [6.45, 7) is 3.76. The number of hydrogen-bond donors (Lipinski definition) is 1. The zero-order chi connectivity index (χ0) is 40.5. The first-order valence-corrected chi connectivity index (χ1v) is 20.1. The van der Waals surface area contributed by atoms with E-state index in [4.69, 9.17) is 16.7 Å². The van der Waals surface area contributed by atoms with Gasteiger partial charge in [-0.1, -0.05) is 59.6 Å². The molecule has 4 aliphatic rings. The van der Waals surface area contributed by atoms with Crippen molar-refractivity contribution in [3.8, 4) is 16.3 Å². The molecule has 2 aromatic heterocycles. The van der Waals surface area contributed by atoms with Gasteiger partial charge >= 0.3 is 0 Å². The van der Waals surface area contributed by atoms with Crippen LogP contribution in [0.4, 0.5) is 17.2 Å². The Hall–Kier alpha value is -6.18. The third-order valence-corrected chi connectivity index (χ3v) is 14.6. The summed E-state index contributed by atoms with van der Waals surface area (Å²) in [4.78, 5) is 73.3. The van der Waals surface area contributed by atoms with Crippen molar-refractivity contribution in [2.75, 3.05) is 9.80 Å². The van der Waals surface area contributed by atoms with Gasteiger partial charge in [0, 0.05) is 46.5 Å². The maximum Gasteiger partial charge on any atom is 0.271 e. The number of carbonyl (C=O) groups excluding carboxylic acids is 4. The number of non-ortho nitro benzene ring substituents is 1. The highest BCUT2D eigenvalue weighted by atomic mass is 35.5. The topological polar surface area (TPSA) is 156 Å². The summed E-state index contributed by atoms with van der Waals surface area (Å²) in [6, 6.07) is 23.8. The maximum atomic E-state index is 15.3. The number of thiophene rings is 1. The van der Waals surface area contributed by atoms with Crippen molar-refractivity contribution in [1.82, 2.24) is 9.78 Å². The number of halogens is 1. The minimum atomic E-state index is -1.42. The highest BCUT2D eigenvalue weighted by Crippen LogP contribution is 2.65. The summed E-state index contributed by atoms with van der Waals surface area (Å²) in [7, 11) is 1.69. The molecule has 4 amide bonds. The SMILES string of the molecule is Cc1c(-c2cc(N3C(=O)[C@@H]4C[C@@H]5C(=CC[C@@H]6C(=O)N(c7cccc([N+](=O)[O-])c7)C(=O)[C@@H]65)[C@H](c5c(O)ccc6ccccc56)[C@]4(C)C3=O)n(C)n2)sc2ccc(Cl)cc12. The second-order valence-corrected chi connectivity index (χ2v) is 17.4. The minimum absolute atomic E-state index is 0.0544. The number of nitro benzene ring substituents is 1. The molecule has 0 spiro atoms. The predicted octanol–water partition coefficient (Wildman–Crippen LogP) is 8.47. The number of phenols is 1. The number of allylic oxidation sites excluding steroid dienone is 2. The number of aryl methyl sites for hydroxylation is 2. The zero-order valence-electron chi connectivity index (χ0n) is 31.4. The van der Waals surface area contributed by atoms with E-state index in [1.807, 2.05) is 55.5 Å². The first-order chi connectivity index (χ1) is 27.8. The molecule has 2 saturated heterocycles. The Kier molecular flexibility index (Phi) is 7.90. The van der Waals surface area contributed by atoms with E-state index < -0.39 is 63.6 Å². The second kappa shape index (κ2) is 12.7. The van der Waals surface area contributed by atoms with Crippen molar-refractivity contribution in [2.24, 2.45) is 36.1 Å². The quantitative estimate of drug-likeness (QED) is 0.0787. The molecule has 1 N–H and O–H groups in total. The number of phenolic OH excluding ortho intramolecular Hbond substituents is 1. The van der Waals surface area contributed by atoms with E-state index in [2.05, 4.69) is 0 Å². The normalized spacial score (nSPS) is 25.4. The lowest BCUT2D eigenvalue weighted by Crippen LogP contribution is -2.49. The number of nitrogens with zero attached hydrogens (tertiary/aromatic N) is 5. The van der Waals surface area contributed by atoms with Crippen molar-refractivity contribution >= 4 is 84.6 Å². The largest absolute Gasteiger partial charge is 0.508 e. The summed E-state index contributed by atoms with van der Waals surface area (Å²) in [5.74, 6) is -5.82. The Bertz CT molecular complexity index is 2900. The van der Waals surface area contributed by atoms with E-state index in [1.165, 1.54) is 33.8 Å². The fourth-order valence-electron chi connectivity index (χ4n) is 10.3. The Morgan fingerprint density at radius 3 is 2.50 bits per heavy atom. The monoisotopic (exact) mass is 811 g/mol. The van der Waals surface area contributed by atoms with E-state index in [0.717, 1.165) is 30.8 Å². The van der Waals surface area contributed by atoms with Gasteiger partial charge in [-0.3, -0.25) is 34.0 Å². The summed E-state index contributed by atoms with van der Waals surface area (Å²) >= 11 is 7.87. The van der Waals surface area contributed by atoms with Crippen LogP contribution in [0.25, 0.3) is 31.4 Å². The van der Waals surface area contributed by atoms with Crippen LogP contribution in [-0.2, 0) is 26.2 Å². The molecule has 0 bridgehead atoms. The fourth-order valence-corrected chi connectivity index (χ4v) is 11.7. The number of imide groups is 2. The predicted molar refractivity (Wildman–Crippen MR) is 220 cm³/mol. The number of anilines is 2.